The molecule has 1 saturated heterocycles. The smallest absolute Gasteiger partial charge is 0.334 e. The van der Waals surface area contributed by atoms with E-state index in [1.54, 1.807) is 26.0 Å². The van der Waals surface area contributed by atoms with Gasteiger partial charge in [-0.3, -0.25) is 14.9 Å². The fraction of sp³-hybridized carbons (Fsp3) is 0.333. The first-order valence-electron chi connectivity index (χ1n) is 8.31. The average Bonchev–Trinajstić information content (AvgIpc) is 3.26. The summed E-state index contributed by atoms with van der Waals surface area (Å²) in [6.07, 6.45) is 1.21. The largest absolute Gasteiger partial charge is 0.425 e. The van der Waals surface area contributed by atoms with Crippen LogP contribution in [0.4, 0.5) is 5.69 Å². The summed E-state index contributed by atoms with van der Waals surface area (Å²) in [7, 11) is 0. The van der Waals surface area contributed by atoms with Gasteiger partial charge in [-0.1, -0.05) is 11.6 Å². The second kappa shape index (κ2) is 7.66. The van der Waals surface area contributed by atoms with Crippen molar-refractivity contribution in [2.45, 2.75) is 32.7 Å². The van der Waals surface area contributed by atoms with Crippen LogP contribution in [0, 0.1) is 24.0 Å². The zero-order valence-electron chi connectivity index (χ0n) is 14.7. The summed E-state index contributed by atoms with van der Waals surface area (Å²) in [4.78, 5) is 37.9. The second-order valence-corrected chi connectivity index (χ2v) is 8.06. The van der Waals surface area contributed by atoms with E-state index < -0.39 is 16.9 Å². The molecule has 1 aromatic carbocycles. The van der Waals surface area contributed by atoms with Crippen LogP contribution in [-0.4, -0.2) is 34.3 Å². The number of nitro groups is 1. The number of nitrogens with zero attached hydrogens (tertiary/aromatic N) is 2. The van der Waals surface area contributed by atoms with Gasteiger partial charge < -0.3 is 9.64 Å². The van der Waals surface area contributed by atoms with Gasteiger partial charge in [-0.25, -0.2) is 4.79 Å². The third-order valence-corrected chi connectivity index (χ3v) is 5.69. The van der Waals surface area contributed by atoms with Crippen molar-refractivity contribution in [2.75, 3.05) is 6.54 Å². The molecule has 7 nitrogen and oxygen atoms in total. The first-order valence-corrected chi connectivity index (χ1v) is 9.51. The van der Waals surface area contributed by atoms with Gasteiger partial charge in [-0.2, -0.15) is 0 Å². The number of amides is 1. The summed E-state index contributed by atoms with van der Waals surface area (Å²) < 4.78 is 6.00. The molecule has 0 radical (unpaired) electrons. The van der Waals surface area contributed by atoms with Crippen molar-refractivity contribution in [3.05, 3.63) is 54.7 Å². The minimum absolute atomic E-state index is 0.0282. The molecule has 0 N–H and O–H groups in total. The van der Waals surface area contributed by atoms with Crippen molar-refractivity contribution in [1.29, 1.82) is 0 Å². The van der Waals surface area contributed by atoms with Gasteiger partial charge >= 0.3 is 5.97 Å². The van der Waals surface area contributed by atoms with Crippen molar-refractivity contribution in [3.63, 3.8) is 0 Å². The van der Waals surface area contributed by atoms with Gasteiger partial charge in [-0.05, 0) is 50.5 Å². The molecule has 0 spiro atoms. The molecule has 2 heterocycles. The highest BCUT2D eigenvalue weighted by Crippen LogP contribution is 2.30. The Morgan fingerprint density at radius 3 is 2.67 bits per heavy atom. The molecule has 142 valence electrons. The van der Waals surface area contributed by atoms with E-state index in [0.29, 0.717) is 39.7 Å². The van der Waals surface area contributed by atoms with Gasteiger partial charge in [0, 0.05) is 18.2 Å². The zero-order chi connectivity index (χ0) is 19.7. The van der Waals surface area contributed by atoms with Crippen molar-refractivity contribution in [2.24, 2.45) is 0 Å². The minimum atomic E-state index is -0.687. The molecular formula is C18H17ClN2O5S. The van der Waals surface area contributed by atoms with Crippen LogP contribution in [0.5, 0.6) is 5.75 Å². The van der Waals surface area contributed by atoms with E-state index in [4.69, 9.17) is 16.3 Å². The maximum atomic E-state index is 12.7. The Kier molecular flexibility index (Phi) is 5.48. The number of aryl methyl sites for hydroxylation is 2. The summed E-state index contributed by atoms with van der Waals surface area (Å²) in [5.74, 6) is -0.524. The third kappa shape index (κ3) is 3.96. The molecule has 0 aliphatic carbocycles. The van der Waals surface area contributed by atoms with Crippen LogP contribution in [0.25, 0.3) is 0 Å². The highest BCUT2D eigenvalue weighted by Gasteiger charge is 2.36. The molecule has 3 rings (SSSR count). The van der Waals surface area contributed by atoms with Crippen molar-refractivity contribution >= 4 is 40.5 Å². The molecule has 0 bridgehead atoms. The number of benzene rings is 1. The summed E-state index contributed by atoms with van der Waals surface area (Å²) in [5.41, 5.74) is 0.863. The number of halogens is 1. The third-order valence-electron chi connectivity index (χ3n) is 4.47. The quantitative estimate of drug-likeness (QED) is 0.328. The van der Waals surface area contributed by atoms with E-state index in [2.05, 4.69) is 0 Å². The van der Waals surface area contributed by atoms with Crippen LogP contribution in [0.15, 0.2) is 24.3 Å². The van der Waals surface area contributed by atoms with Crippen LogP contribution in [0.3, 0.4) is 0 Å². The monoisotopic (exact) mass is 408 g/mol. The molecule has 1 fully saturated rings. The normalized spacial score (nSPS) is 16.4. The fourth-order valence-electron chi connectivity index (χ4n) is 3.08. The van der Waals surface area contributed by atoms with Crippen LogP contribution in [-0.2, 0) is 4.79 Å². The Labute approximate surface area is 164 Å². The number of rotatable bonds is 4. The number of esters is 1. The maximum absolute atomic E-state index is 12.7. The number of ether oxygens (including phenoxy) is 1. The first-order chi connectivity index (χ1) is 12.8. The summed E-state index contributed by atoms with van der Waals surface area (Å²) in [6, 6.07) is 5.45. The maximum Gasteiger partial charge on any atom is 0.334 e. The van der Waals surface area contributed by atoms with Gasteiger partial charge in [0.05, 0.1) is 14.1 Å². The standard InChI is InChI=1S/C18H17ClN2O5S/c1-10-9-14(11(2)8-13(10)21(24)25)26-18(23)12-4-3-7-20(12)17(22)15-5-6-16(19)27-15/h5-6,8-9,12H,3-4,7H2,1-2H3/t12-/m1/s1. The minimum Gasteiger partial charge on any atom is -0.425 e. The van der Waals surface area contributed by atoms with Gasteiger partial charge in [0.1, 0.15) is 11.8 Å². The van der Waals surface area contributed by atoms with Gasteiger partial charge in [0.2, 0.25) is 0 Å². The SMILES string of the molecule is Cc1cc([N+](=O)[O-])c(C)cc1OC(=O)[C@H]1CCCN1C(=O)c1ccc(Cl)s1. The van der Waals surface area contributed by atoms with E-state index in [1.165, 1.54) is 28.4 Å². The number of nitro benzene ring substituents is 1. The molecule has 0 unspecified atom stereocenters. The lowest BCUT2D eigenvalue weighted by atomic mass is 10.1. The molecule has 0 saturated carbocycles. The van der Waals surface area contributed by atoms with Crippen LogP contribution < -0.4 is 4.74 Å². The van der Waals surface area contributed by atoms with Gasteiger partial charge in [-0.15, -0.1) is 11.3 Å². The number of carbonyl (C=O) groups is 2. The molecule has 1 amide bonds. The van der Waals surface area contributed by atoms with E-state index in [9.17, 15) is 19.7 Å². The Hall–Kier alpha value is -2.45. The Morgan fingerprint density at radius 1 is 1.30 bits per heavy atom. The summed E-state index contributed by atoms with van der Waals surface area (Å²) >= 11 is 7.06. The molecule has 9 heteroatoms. The predicted molar refractivity (Wildman–Crippen MR) is 102 cm³/mol. The van der Waals surface area contributed by atoms with Crippen molar-refractivity contribution in [3.8, 4) is 5.75 Å². The molecule has 1 aliphatic heterocycles. The highest BCUT2D eigenvalue weighted by molar-refractivity contribution is 7.17. The fourth-order valence-corrected chi connectivity index (χ4v) is 4.08. The summed E-state index contributed by atoms with van der Waals surface area (Å²) in [6.45, 7) is 3.69. The van der Waals surface area contributed by atoms with Gasteiger partial charge in [0.15, 0.2) is 0 Å². The van der Waals surface area contributed by atoms with E-state index >= 15 is 0 Å². The topological polar surface area (TPSA) is 89.8 Å². The first kappa shape index (κ1) is 19.3. The van der Waals surface area contributed by atoms with Crippen LogP contribution >= 0.6 is 22.9 Å². The number of hydrogen-bond acceptors (Lipinski definition) is 6. The number of carbonyl (C=O) groups excluding carboxylic acids is 2. The number of thiophene rings is 1. The Morgan fingerprint density at radius 2 is 2.04 bits per heavy atom. The average molecular weight is 409 g/mol. The van der Waals surface area contributed by atoms with Gasteiger partial charge in [0.25, 0.3) is 11.6 Å². The zero-order valence-corrected chi connectivity index (χ0v) is 16.3. The van der Waals surface area contributed by atoms with Crippen LogP contribution in [0.2, 0.25) is 4.34 Å². The molecule has 2 aromatic rings. The summed E-state index contributed by atoms with van der Waals surface area (Å²) in [5, 5.41) is 11.0. The van der Waals surface area contributed by atoms with E-state index in [1.807, 2.05) is 0 Å². The lowest BCUT2D eigenvalue weighted by Gasteiger charge is -2.23. The molecule has 1 atom stereocenters. The van der Waals surface area contributed by atoms with Crippen molar-refractivity contribution < 1.29 is 19.2 Å². The molecule has 1 aromatic heterocycles. The number of hydrogen-bond donors (Lipinski definition) is 0. The Balaban J connectivity index is 1.78. The predicted octanol–water partition coefficient (Wildman–Crippen LogP) is 4.14. The molecular weight excluding hydrogens is 392 g/mol. The highest BCUT2D eigenvalue weighted by atomic mass is 35.5. The Bertz CT molecular complexity index is 926. The van der Waals surface area contributed by atoms with Crippen molar-refractivity contribution in [1.82, 2.24) is 4.90 Å². The lowest BCUT2D eigenvalue weighted by molar-refractivity contribution is -0.385. The van der Waals surface area contributed by atoms with Crippen LogP contribution in [0.1, 0.15) is 33.6 Å². The van der Waals surface area contributed by atoms with E-state index in [-0.39, 0.29) is 17.3 Å². The van der Waals surface area contributed by atoms with E-state index in [0.717, 1.165) is 0 Å². The molecule has 1 aliphatic rings. The second-order valence-electron chi connectivity index (χ2n) is 6.34. The lowest BCUT2D eigenvalue weighted by Crippen LogP contribution is -2.42. The number of likely N-dealkylation sites (tertiary alicyclic amines) is 1. The molecule has 27 heavy (non-hydrogen) atoms.